The Morgan fingerprint density at radius 3 is 2.83 bits per heavy atom. The maximum atomic E-state index is 12.3. The lowest BCUT2D eigenvalue weighted by Crippen LogP contribution is -2.38. The number of hydrogen-bond donors (Lipinski definition) is 3. The van der Waals surface area contributed by atoms with Crippen LogP contribution in [-0.4, -0.2) is 55.3 Å². The number of rotatable bonds is 2. The molecule has 0 radical (unpaired) electrons. The minimum Gasteiger partial charge on any atom is -0.394 e. The van der Waals surface area contributed by atoms with Gasteiger partial charge < -0.3 is 24.3 Å². The van der Waals surface area contributed by atoms with Gasteiger partial charge in [0.05, 0.1) is 12.9 Å². The first-order chi connectivity index (χ1) is 10.9. The molecule has 3 N–H and O–H groups in total. The molecule has 10 nitrogen and oxygen atoms in total. The maximum absolute atomic E-state index is 12.3. The average molecular weight is 324 g/mol. The number of ether oxygens (including phenoxy) is 3. The molecule has 4 rings (SSSR count). The van der Waals surface area contributed by atoms with Gasteiger partial charge in [0, 0.05) is 0 Å². The first-order valence-electron chi connectivity index (χ1n) is 7.21. The van der Waals surface area contributed by atoms with E-state index in [1.54, 1.807) is 13.8 Å². The largest absolute Gasteiger partial charge is 0.394 e. The van der Waals surface area contributed by atoms with Crippen molar-refractivity contribution >= 4 is 11.2 Å². The second kappa shape index (κ2) is 4.74. The lowest BCUT2D eigenvalue weighted by atomic mass is 10.1. The van der Waals surface area contributed by atoms with Gasteiger partial charge in [-0.3, -0.25) is 9.78 Å². The number of nitrogens with one attached hydrogen (secondary N) is 2. The molecule has 2 aromatic rings. The van der Waals surface area contributed by atoms with Crippen LogP contribution in [0, 0.1) is 0 Å². The Morgan fingerprint density at radius 2 is 2.09 bits per heavy atom. The summed E-state index contributed by atoms with van der Waals surface area (Å²) in [4.78, 5) is 33.0. The standard InChI is InChI=1S/C13H16N4O6/c1-13(2)22-7-5(3-18)21-11(8(7)23-13)17-9-6(14-4-15-9)10(19)16-12(17)20/h4-5,7-8,11,18H,3H2,1-2H3,(H,14,15)(H,16,19,20). The van der Waals surface area contributed by atoms with Crippen molar-refractivity contribution in [3.63, 3.8) is 0 Å². The van der Waals surface area contributed by atoms with Gasteiger partial charge in [0.15, 0.2) is 17.5 Å². The molecule has 2 saturated heterocycles. The van der Waals surface area contributed by atoms with Crippen LogP contribution in [0.15, 0.2) is 15.9 Å². The lowest BCUT2D eigenvalue weighted by molar-refractivity contribution is -0.200. The van der Waals surface area contributed by atoms with E-state index >= 15 is 0 Å². The molecule has 2 fully saturated rings. The number of aliphatic hydroxyl groups excluding tert-OH is 1. The number of imidazole rings is 1. The highest BCUT2D eigenvalue weighted by atomic mass is 16.8. The van der Waals surface area contributed by atoms with Crippen LogP contribution in [-0.2, 0) is 14.2 Å². The fourth-order valence-electron chi connectivity index (χ4n) is 3.21. The van der Waals surface area contributed by atoms with Crippen molar-refractivity contribution < 1.29 is 19.3 Å². The zero-order chi connectivity index (χ0) is 16.4. The normalized spacial score (nSPS) is 32.5. The molecule has 4 heterocycles. The van der Waals surface area contributed by atoms with Crippen molar-refractivity contribution in [2.45, 2.75) is 44.2 Å². The average Bonchev–Trinajstić information content (AvgIpc) is 3.13. The third-order valence-corrected chi connectivity index (χ3v) is 4.07. The lowest BCUT2D eigenvalue weighted by Gasteiger charge is -2.24. The van der Waals surface area contributed by atoms with Crippen LogP contribution < -0.4 is 11.2 Å². The van der Waals surface area contributed by atoms with E-state index in [1.807, 2.05) is 0 Å². The minimum atomic E-state index is -0.857. The molecule has 0 aromatic carbocycles. The predicted molar refractivity (Wildman–Crippen MR) is 75.8 cm³/mol. The smallest absolute Gasteiger partial charge is 0.332 e. The Balaban J connectivity index is 1.87. The summed E-state index contributed by atoms with van der Waals surface area (Å²) in [5, 5.41) is 9.51. The van der Waals surface area contributed by atoms with Crippen molar-refractivity contribution in [3.05, 3.63) is 27.2 Å². The maximum Gasteiger partial charge on any atom is 0.332 e. The van der Waals surface area contributed by atoms with Crippen molar-refractivity contribution in [3.8, 4) is 0 Å². The van der Waals surface area contributed by atoms with Crippen LogP contribution in [0.1, 0.15) is 20.1 Å². The second-order valence-electron chi connectivity index (χ2n) is 6.04. The number of aliphatic hydroxyl groups is 1. The molecule has 0 saturated carbocycles. The molecule has 10 heteroatoms. The van der Waals surface area contributed by atoms with Gasteiger partial charge in [0.25, 0.3) is 5.56 Å². The fraction of sp³-hybridized carbons (Fsp3) is 0.615. The Labute approximate surface area is 129 Å². The zero-order valence-electron chi connectivity index (χ0n) is 12.5. The number of fused-ring (bicyclic) bond motifs is 2. The van der Waals surface area contributed by atoms with Crippen molar-refractivity contribution in [2.24, 2.45) is 0 Å². The van der Waals surface area contributed by atoms with E-state index in [1.165, 1.54) is 10.9 Å². The summed E-state index contributed by atoms with van der Waals surface area (Å²) < 4.78 is 18.6. The molecule has 0 aliphatic carbocycles. The Hall–Kier alpha value is -2.01. The summed E-state index contributed by atoms with van der Waals surface area (Å²) in [6, 6.07) is 0. The van der Waals surface area contributed by atoms with Gasteiger partial charge in [-0.05, 0) is 13.8 Å². The van der Waals surface area contributed by atoms with Gasteiger partial charge in [-0.2, -0.15) is 0 Å². The molecule has 2 aliphatic heterocycles. The van der Waals surface area contributed by atoms with Gasteiger partial charge in [-0.25, -0.2) is 14.3 Å². The van der Waals surface area contributed by atoms with Gasteiger partial charge in [-0.15, -0.1) is 0 Å². The molecule has 4 atom stereocenters. The second-order valence-corrected chi connectivity index (χ2v) is 6.04. The van der Waals surface area contributed by atoms with Gasteiger partial charge in [0.2, 0.25) is 0 Å². The summed E-state index contributed by atoms with van der Waals surface area (Å²) >= 11 is 0. The topological polar surface area (TPSA) is 131 Å². The molecular weight excluding hydrogens is 308 g/mol. The van der Waals surface area contributed by atoms with Gasteiger partial charge in [-0.1, -0.05) is 0 Å². The zero-order valence-corrected chi connectivity index (χ0v) is 12.5. The van der Waals surface area contributed by atoms with Crippen LogP contribution in [0.2, 0.25) is 0 Å². The van der Waals surface area contributed by atoms with Crippen molar-refractivity contribution in [2.75, 3.05) is 6.61 Å². The number of hydrogen-bond acceptors (Lipinski definition) is 7. The Kier molecular flexibility index (Phi) is 3.00. The van der Waals surface area contributed by atoms with Crippen LogP contribution in [0.5, 0.6) is 0 Å². The summed E-state index contributed by atoms with van der Waals surface area (Å²) in [6.45, 7) is 3.22. The van der Waals surface area contributed by atoms with Crippen molar-refractivity contribution in [1.82, 2.24) is 19.5 Å². The summed E-state index contributed by atoms with van der Waals surface area (Å²) in [7, 11) is 0. The minimum absolute atomic E-state index is 0.0929. The molecule has 0 spiro atoms. The van der Waals surface area contributed by atoms with Crippen LogP contribution in [0.25, 0.3) is 11.2 Å². The van der Waals surface area contributed by atoms with E-state index in [4.69, 9.17) is 14.2 Å². The fourth-order valence-corrected chi connectivity index (χ4v) is 3.21. The van der Waals surface area contributed by atoms with E-state index in [0.29, 0.717) is 0 Å². The quantitative estimate of drug-likeness (QED) is 0.633. The number of aromatic nitrogens is 4. The number of aromatic amines is 2. The van der Waals surface area contributed by atoms with Crippen LogP contribution >= 0.6 is 0 Å². The van der Waals surface area contributed by atoms with Crippen molar-refractivity contribution in [1.29, 1.82) is 0 Å². The molecule has 2 aromatic heterocycles. The van der Waals surface area contributed by atoms with E-state index in [-0.39, 0.29) is 17.8 Å². The first-order valence-corrected chi connectivity index (χ1v) is 7.21. The summed E-state index contributed by atoms with van der Waals surface area (Å²) in [5.74, 6) is -0.857. The van der Waals surface area contributed by atoms with Crippen LogP contribution in [0.4, 0.5) is 0 Å². The van der Waals surface area contributed by atoms with Gasteiger partial charge in [0.1, 0.15) is 24.0 Å². The molecule has 4 unspecified atom stereocenters. The van der Waals surface area contributed by atoms with E-state index in [9.17, 15) is 14.7 Å². The molecule has 23 heavy (non-hydrogen) atoms. The molecular formula is C13H16N4O6. The molecule has 0 amide bonds. The Bertz CT molecular complexity index is 867. The number of H-pyrrole nitrogens is 2. The monoisotopic (exact) mass is 324 g/mol. The highest BCUT2D eigenvalue weighted by Crippen LogP contribution is 2.42. The molecule has 2 aliphatic rings. The highest BCUT2D eigenvalue weighted by molar-refractivity contribution is 5.68. The third-order valence-electron chi connectivity index (χ3n) is 4.07. The summed E-state index contributed by atoms with van der Waals surface area (Å²) in [6.07, 6.45) is -1.29. The van der Waals surface area contributed by atoms with E-state index in [0.717, 1.165) is 0 Å². The van der Waals surface area contributed by atoms with Crippen LogP contribution in [0.3, 0.4) is 0 Å². The molecule has 0 bridgehead atoms. The third kappa shape index (κ3) is 2.06. The predicted octanol–water partition coefficient (Wildman–Crippen LogP) is -1.18. The van der Waals surface area contributed by atoms with E-state index in [2.05, 4.69) is 15.0 Å². The Morgan fingerprint density at radius 1 is 1.35 bits per heavy atom. The molecule has 124 valence electrons. The first kappa shape index (κ1) is 14.6. The SMILES string of the molecule is CC1(C)OC2C(CO)OC(n3c(=O)[nH]c(=O)c4nc[nH]c43)C2O1. The van der Waals surface area contributed by atoms with Gasteiger partial charge >= 0.3 is 5.69 Å². The number of nitrogens with zero attached hydrogens (tertiary/aromatic N) is 2. The summed E-state index contributed by atoms with van der Waals surface area (Å²) in [5.41, 5.74) is -0.910. The highest BCUT2D eigenvalue weighted by Gasteiger charge is 2.56. The van der Waals surface area contributed by atoms with E-state index < -0.39 is 41.6 Å².